The second-order valence-corrected chi connectivity index (χ2v) is 6.41. The third-order valence-corrected chi connectivity index (χ3v) is 3.92. The highest BCUT2D eigenvalue weighted by Crippen LogP contribution is 2.39. The first-order valence-electron chi connectivity index (χ1n) is 7.91. The number of carbonyl (C=O) groups is 1. The molecule has 2 unspecified atom stereocenters. The van der Waals surface area contributed by atoms with Gasteiger partial charge in [0.25, 0.3) is 0 Å². The van der Waals surface area contributed by atoms with Crippen LogP contribution < -0.4 is 15.4 Å². The highest BCUT2D eigenvalue weighted by Gasteiger charge is 2.34. The molecule has 0 spiro atoms. The molecule has 5 heteroatoms. The Balaban J connectivity index is 1.95. The van der Waals surface area contributed by atoms with E-state index in [2.05, 4.69) is 10.6 Å². The highest BCUT2D eigenvalue weighted by molar-refractivity contribution is 5.74. The van der Waals surface area contributed by atoms with Gasteiger partial charge in [0.2, 0.25) is 0 Å². The zero-order valence-corrected chi connectivity index (χ0v) is 13.6. The molecule has 1 aromatic rings. The van der Waals surface area contributed by atoms with Gasteiger partial charge in [-0.1, -0.05) is 25.1 Å². The van der Waals surface area contributed by atoms with Crippen LogP contribution in [0.2, 0.25) is 0 Å². The quantitative estimate of drug-likeness (QED) is 0.783. The van der Waals surface area contributed by atoms with Gasteiger partial charge in [0, 0.05) is 18.5 Å². The molecule has 0 saturated carbocycles. The second-order valence-electron chi connectivity index (χ2n) is 6.41. The first-order valence-corrected chi connectivity index (χ1v) is 7.91. The number of ether oxygens (including phenoxy) is 1. The van der Waals surface area contributed by atoms with Gasteiger partial charge < -0.3 is 20.5 Å². The van der Waals surface area contributed by atoms with Crippen molar-refractivity contribution in [2.75, 3.05) is 6.54 Å². The van der Waals surface area contributed by atoms with E-state index in [0.717, 1.165) is 17.7 Å². The van der Waals surface area contributed by atoms with Crippen LogP contribution >= 0.6 is 0 Å². The molecule has 2 rings (SSSR count). The molecule has 0 radical (unpaired) electrons. The molecule has 0 bridgehead atoms. The van der Waals surface area contributed by atoms with Crippen molar-refractivity contribution in [2.24, 2.45) is 0 Å². The first kappa shape index (κ1) is 16.6. The number of hydrogen-bond donors (Lipinski definition) is 3. The van der Waals surface area contributed by atoms with Crippen LogP contribution in [-0.2, 0) is 0 Å². The normalized spacial score (nSPS) is 20.5. The zero-order valence-electron chi connectivity index (χ0n) is 13.6. The van der Waals surface area contributed by atoms with Gasteiger partial charge in [-0.3, -0.25) is 0 Å². The zero-order chi connectivity index (χ0) is 16.2. The monoisotopic (exact) mass is 306 g/mol. The summed E-state index contributed by atoms with van der Waals surface area (Å²) >= 11 is 0. The summed E-state index contributed by atoms with van der Waals surface area (Å²) in [5, 5.41) is 15.3. The maximum absolute atomic E-state index is 12.1. The van der Waals surface area contributed by atoms with E-state index < -0.39 is 0 Å². The predicted molar refractivity (Wildman–Crippen MR) is 86.0 cm³/mol. The summed E-state index contributed by atoms with van der Waals surface area (Å²) in [6.07, 6.45) is 1.63. The average molecular weight is 306 g/mol. The van der Waals surface area contributed by atoms with Gasteiger partial charge in [-0.2, -0.15) is 0 Å². The fourth-order valence-corrected chi connectivity index (χ4v) is 2.70. The van der Waals surface area contributed by atoms with E-state index in [0.29, 0.717) is 19.4 Å². The molecule has 22 heavy (non-hydrogen) atoms. The molecule has 2 amide bonds. The van der Waals surface area contributed by atoms with Crippen LogP contribution in [0.15, 0.2) is 24.3 Å². The number of aliphatic hydroxyl groups excluding tert-OH is 1. The van der Waals surface area contributed by atoms with Crippen LogP contribution in [0, 0.1) is 0 Å². The molecule has 122 valence electrons. The van der Waals surface area contributed by atoms with E-state index in [1.807, 2.05) is 45.0 Å². The molecule has 2 atom stereocenters. The summed E-state index contributed by atoms with van der Waals surface area (Å²) in [4.78, 5) is 12.1. The SMILES string of the molecule is CCC(O)CCNC(=O)NC1CC(C)(C)Oc2ccccc21. The number of fused-ring (bicyclic) bond motifs is 1. The number of nitrogens with one attached hydrogen (secondary N) is 2. The Bertz CT molecular complexity index is 516. The molecular weight excluding hydrogens is 280 g/mol. The summed E-state index contributed by atoms with van der Waals surface area (Å²) in [6.45, 7) is 6.43. The lowest BCUT2D eigenvalue weighted by Crippen LogP contribution is -2.44. The van der Waals surface area contributed by atoms with Crippen molar-refractivity contribution in [3.8, 4) is 5.75 Å². The van der Waals surface area contributed by atoms with Crippen LogP contribution in [0.5, 0.6) is 5.75 Å². The molecule has 1 heterocycles. The van der Waals surface area contributed by atoms with E-state index in [9.17, 15) is 9.90 Å². The van der Waals surface area contributed by atoms with Crippen molar-refractivity contribution < 1.29 is 14.6 Å². The van der Waals surface area contributed by atoms with Crippen molar-refractivity contribution in [3.05, 3.63) is 29.8 Å². The Hall–Kier alpha value is -1.75. The number of hydrogen-bond acceptors (Lipinski definition) is 3. The van der Waals surface area contributed by atoms with Crippen molar-refractivity contribution in [3.63, 3.8) is 0 Å². The van der Waals surface area contributed by atoms with Gasteiger partial charge in [-0.15, -0.1) is 0 Å². The minimum Gasteiger partial charge on any atom is -0.487 e. The van der Waals surface area contributed by atoms with Gasteiger partial charge in [-0.25, -0.2) is 4.79 Å². The van der Waals surface area contributed by atoms with Gasteiger partial charge in [0.15, 0.2) is 0 Å². The lowest BCUT2D eigenvalue weighted by Gasteiger charge is -2.37. The molecule has 0 aliphatic carbocycles. The summed E-state index contributed by atoms with van der Waals surface area (Å²) < 4.78 is 5.95. The number of urea groups is 1. The van der Waals surface area contributed by atoms with E-state index in [1.54, 1.807) is 0 Å². The van der Waals surface area contributed by atoms with Crippen molar-refractivity contribution in [1.82, 2.24) is 10.6 Å². The number of para-hydroxylation sites is 1. The molecule has 5 nitrogen and oxygen atoms in total. The van der Waals surface area contributed by atoms with E-state index in [1.165, 1.54) is 0 Å². The van der Waals surface area contributed by atoms with Crippen molar-refractivity contribution >= 4 is 6.03 Å². The number of aliphatic hydroxyl groups is 1. The first-order chi connectivity index (χ1) is 10.4. The lowest BCUT2D eigenvalue weighted by molar-refractivity contribution is 0.0678. The number of carbonyl (C=O) groups excluding carboxylic acids is 1. The summed E-state index contributed by atoms with van der Waals surface area (Å²) in [5.74, 6) is 0.824. The summed E-state index contributed by atoms with van der Waals surface area (Å²) in [7, 11) is 0. The minimum absolute atomic E-state index is 0.0731. The Morgan fingerprint density at radius 2 is 2.18 bits per heavy atom. The molecular formula is C17H26N2O3. The fourth-order valence-electron chi connectivity index (χ4n) is 2.70. The summed E-state index contributed by atoms with van der Waals surface area (Å²) in [5.41, 5.74) is 0.690. The second kappa shape index (κ2) is 7.01. The maximum Gasteiger partial charge on any atom is 0.315 e. The molecule has 1 aliphatic rings. The third-order valence-electron chi connectivity index (χ3n) is 3.92. The largest absolute Gasteiger partial charge is 0.487 e. The standard InChI is InChI=1S/C17H26N2O3/c1-4-12(20)9-10-18-16(21)19-14-11-17(2,3)22-15-8-6-5-7-13(14)15/h5-8,12,14,20H,4,9-11H2,1-3H3,(H2,18,19,21). The Kier molecular flexibility index (Phi) is 5.29. The fraction of sp³-hybridized carbons (Fsp3) is 0.588. The van der Waals surface area contributed by atoms with Crippen LogP contribution in [0.3, 0.4) is 0 Å². The van der Waals surface area contributed by atoms with Gasteiger partial charge >= 0.3 is 6.03 Å². The number of rotatable bonds is 5. The van der Waals surface area contributed by atoms with E-state index >= 15 is 0 Å². The van der Waals surface area contributed by atoms with Crippen LogP contribution in [-0.4, -0.2) is 29.4 Å². The molecule has 0 aromatic heterocycles. The molecule has 3 N–H and O–H groups in total. The van der Waals surface area contributed by atoms with Crippen LogP contribution in [0.1, 0.15) is 51.6 Å². The van der Waals surface area contributed by atoms with Crippen LogP contribution in [0.25, 0.3) is 0 Å². The topological polar surface area (TPSA) is 70.6 Å². The molecule has 1 aliphatic heterocycles. The van der Waals surface area contributed by atoms with Crippen LogP contribution in [0.4, 0.5) is 4.79 Å². The lowest BCUT2D eigenvalue weighted by atomic mass is 9.90. The Labute approximate surface area is 132 Å². The Morgan fingerprint density at radius 3 is 2.91 bits per heavy atom. The van der Waals surface area contributed by atoms with E-state index in [-0.39, 0.29) is 23.8 Å². The highest BCUT2D eigenvalue weighted by atomic mass is 16.5. The number of benzene rings is 1. The van der Waals surface area contributed by atoms with Gasteiger partial charge in [0.1, 0.15) is 11.4 Å². The van der Waals surface area contributed by atoms with Gasteiger partial charge in [-0.05, 0) is 32.8 Å². The average Bonchev–Trinajstić information content (AvgIpc) is 2.45. The van der Waals surface area contributed by atoms with Crippen molar-refractivity contribution in [1.29, 1.82) is 0 Å². The summed E-state index contributed by atoms with van der Waals surface area (Å²) in [6, 6.07) is 7.52. The minimum atomic E-state index is -0.358. The maximum atomic E-state index is 12.1. The van der Waals surface area contributed by atoms with Gasteiger partial charge in [0.05, 0.1) is 12.1 Å². The van der Waals surface area contributed by atoms with E-state index in [4.69, 9.17) is 4.74 Å². The smallest absolute Gasteiger partial charge is 0.315 e. The third kappa shape index (κ3) is 4.37. The Morgan fingerprint density at radius 1 is 1.45 bits per heavy atom. The molecule has 0 saturated heterocycles. The number of amides is 2. The molecule has 1 aromatic carbocycles. The predicted octanol–water partition coefficient (Wildman–Crippen LogP) is 2.75. The van der Waals surface area contributed by atoms with Crippen molar-refractivity contribution in [2.45, 2.75) is 57.8 Å². The molecule has 0 fully saturated rings.